The number of rotatable bonds is 6. The molecule has 0 aliphatic heterocycles. The number of alkyl halides is 3. The first-order valence-electron chi connectivity index (χ1n) is 7.26. The van der Waals surface area contributed by atoms with E-state index in [9.17, 15) is 18.0 Å². The van der Waals surface area contributed by atoms with Crippen LogP contribution in [0.15, 0.2) is 30.6 Å². The zero-order valence-electron chi connectivity index (χ0n) is 12.5. The van der Waals surface area contributed by atoms with E-state index in [0.29, 0.717) is 5.82 Å². The van der Waals surface area contributed by atoms with Crippen molar-refractivity contribution in [2.75, 3.05) is 6.61 Å². The van der Waals surface area contributed by atoms with Crippen molar-refractivity contribution in [2.24, 2.45) is 5.41 Å². The summed E-state index contributed by atoms with van der Waals surface area (Å²) >= 11 is 0. The molecule has 2 aromatic heterocycles. The maximum atomic E-state index is 12.8. The van der Waals surface area contributed by atoms with Gasteiger partial charge < -0.3 is 9.84 Å². The molecule has 1 saturated carbocycles. The Labute approximate surface area is 134 Å². The van der Waals surface area contributed by atoms with Crippen LogP contribution in [-0.2, 0) is 0 Å². The number of carboxylic acid groups (broad SMARTS) is 1. The second kappa shape index (κ2) is 5.81. The number of hydrogen-bond donors (Lipinski definition) is 1. The molecule has 0 radical (unpaired) electrons. The molecule has 0 aromatic carbocycles. The lowest BCUT2D eigenvalue weighted by atomic mass is 10.0. The third kappa shape index (κ3) is 3.19. The van der Waals surface area contributed by atoms with Gasteiger partial charge in [0.2, 0.25) is 5.88 Å². The van der Waals surface area contributed by atoms with Gasteiger partial charge in [0, 0.05) is 18.5 Å². The summed E-state index contributed by atoms with van der Waals surface area (Å²) in [5.74, 6) is -0.516. The van der Waals surface area contributed by atoms with Crippen molar-refractivity contribution in [3.8, 4) is 11.7 Å². The molecule has 1 aliphatic carbocycles. The third-order valence-corrected chi connectivity index (χ3v) is 4.08. The van der Waals surface area contributed by atoms with Crippen LogP contribution in [0.4, 0.5) is 13.2 Å². The van der Waals surface area contributed by atoms with Crippen LogP contribution in [0.5, 0.6) is 5.88 Å². The Bertz CT molecular complexity index is 736. The first-order chi connectivity index (χ1) is 11.3. The Morgan fingerprint density at radius 3 is 2.62 bits per heavy atom. The van der Waals surface area contributed by atoms with Gasteiger partial charge in [0.1, 0.15) is 0 Å². The maximum Gasteiger partial charge on any atom is 0.394 e. The Morgan fingerprint density at radius 1 is 1.33 bits per heavy atom. The molecule has 1 aliphatic rings. The van der Waals surface area contributed by atoms with Gasteiger partial charge in [0.05, 0.1) is 17.6 Å². The fourth-order valence-corrected chi connectivity index (χ4v) is 2.34. The van der Waals surface area contributed by atoms with Gasteiger partial charge in [-0.25, -0.2) is 14.5 Å². The van der Waals surface area contributed by atoms with E-state index in [2.05, 4.69) is 10.1 Å². The zero-order chi connectivity index (χ0) is 17.4. The van der Waals surface area contributed by atoms with E-state index in [4.69, 9.17) is 9.84 Å². The van der Waals surface area contributed by atoms with Crippen molar-refractivity contribution in [1.29, 1.82) is 0 Å². The van der Waals surface area contributed by atoms with Crippen molar-refractivity contribution in [3.63, 3.8) is 0 Å². The SMILES string of the molecule is O=C(O)c1ccc(-n2ccc(OCCC3(C(F)(F)F)CC3)n2)nc1. The normalized spacial score (nSPS) is 16.0. The molecule has 0 amide bonds. The summed E-state index contributed by atoms with van der Waals surface area (Å²) in [6.07, 6.45) is -1.25. The second-order valence-corrected chi connectivity index (χ2v) is 5.69. The number of ether oxygens (including phenoxy) is 1. The molecular formula is C15H14F3N3O3. The molecular weight excluding hydrogens is 327 g/mol. The highest BCUT2D eigenvalue weighted by molar-refractivity contribution is 5.87. The predicted octanol–water partition coefficient (Wildman–Crippen LogP) is 3.08. The van der Waals surface area contributed by atoms with E-state index >= 15 is 0 Å². The molecule has 6 nitrogen and oxygen atoms in total. The van der Waals surface area contributed by atoms with E-state index in [0.717, 1.165) is 0 Å². The number of hydrogen-bond acceptors (Lipinski definition) is 4. The zero-order valence-corrected chi connectivity index (χ0v) is 12.5. The van der Waals surface area contributed by atoms with Gasteiger partial charge in [-0.3, -0.25) is 0 Å². The molecule has 1 N–H and O–H groups in total. The highest BCUT2D eigenvalue weighted by Gasteiger charge is 2.62. The Hall–Kier alpha value is -2.58. The topological polar surface area (TPSA) is 77.2 Å². The van der Waals surface area contributed by atoms with Crippen LogP contribution < -0.4 is 4.74 Å². The number of carboxylic acids is 1. The van der Waals surface area contributed by atoms with E-state index < -0.39 is 17.6 Å². The van der Waals surface area contributed by atoms with Crippen LogP contribution in [-0.4, -0.2) is 38.6 Å². The summed E-state index contributed by atoms with van der Waals surface area (Å²) in [4.78, 5) is 14.7. The van der Waals surface area contributed by atoms with E-state index in [-0.39, 0.29) is 37.3 Å². The third-order valence-electron chi connectivity index (χ3n) is 4.08. The van der Waals surface area contributed by atoms with Crippen LogP contribution in [0.3, 0.4) is 0 Å². The molecule has 128 valence electrons. The molecule has 0 saturated heterocycles. The lowest BCUT2D eigenvalue weighted by molar-refractivity contribution is -0.190. The number of pyridine rings is 1. The molecule has 2 heterocycles. The lowest BCUT2D eigenvalue weighted by Gasteiger charge is -2.18. The Morgan fingerprint density at radius 2 is 2.08 bits per heavy atom. The Balaban J connectivity index is 1.59. The minimum Gasteiger partial charge on any atom is -0.478 e. The van der Waals surface area contributed by atoms with Gasteiger partial charge in [-0.2, -0.15) is 13.2 Å². The maximum absolute atomic E-state index is 12.8. The minimum atomic E-state index is -4.19. The van der Waals surface area contributed by atoms with Gasteiger partial charge in [-0.15, -0.1) is 5.10 Å². The number of aromatic carboxylic acids is 1. The lowest BCUT2D eigenvalue weighted by Crippen LogP contribution is -2.26. The Kier molecular flexibility index (Phi) is 3.94. The smallest absolute Gasteiger partial charge is 0.394 e. The number of carbonyl (C=O) groups is 1. The molecule has 1 fully saturated rings. The van der Waals surface area contributed by atoms with Crippen LogP contribution >= 0.6 is 0 Å². The molecule has 2 aromatic rings. The van der Waals surface area contributed by atoms with Crippen molar-refractivity contribution in [1.82, 2.24) is 14.8 Å². The number of aromatic nitrogens is 3. The quantitative estimate of drug-likeness (QED) is 0.874. The molecule has 0 spiro atoms. The monoisotopic (exact) mass is 341 g/mol. The summed E-state index contributed by atoms with van der Waals surface area (Å²) in [7, 11) is 0. The van der Waals surface area contributed by atoms with Crippen molar-refractivity contribution >= 4 is 5.97 Å². The van der Waals surface area contributed by atoms with Crippen LogP contribution in [0, 0.1) is 5.41 Å². The van der Waals surface area contributed by atoms with Crippen molar-refractivity contribution in [2.45, 2.75) is 25.4 Å². The highest BCUT2D eigenvalue weighted by Crippen LogP contribution is 2.59. The highest BCUT2D eigenvalue weighted by atomic mass is 19.4. The van der Waals surface area contributed by atoms with Crippen LogP contribution in [0.2, 0.25) is 0 Å². The predicted molar refractivity (Wildman–Crippen MR) is 76.2 cm³/mol. The molecule has 3 rings (SSSR count). The average molecular weight is 341 g/mol. The first kappa shape index (κ1) is 16.3. The minimum absolute atomic E-state index is 0.0456. The first-order valence-corrected chi connectivity index (χ1v) is 7.26. The van der Waals surface area contributed by atoms with Gasteiger partial charge in [0.15, 0.2) is 5.82 Å². The second-order valence-electron chi connectivity index (χ2n) is 5.69. The summed E-state index contributed by atoms with van der Waals surface area (Å²) in [5, 5.41) is 12.9. The summed E-state index contributed by atoms with van der Waals surface area (Å²) in [6, 6.07) is 4.37. The van der Waals surface area contributed by atoms with E-state index in [1.165, 1.54) is 35.3 Å². The van der Waals surface area contributed by atoms with Gasteiger partial charge in [-0.05, 0) is 31.4 Å². The molecule has 0 bridgehead atoms. The molecule has 24 heavy (non-hydrogen) atoms. The molecule has 0 unspecified atom stereocenters. The number of nitrogens with zero attached hydrogens (tertiary/aromatic N) is 3. The largest absolute Gasteiger partial charge is 0.478 e. The average Bonchev–Trinajstić information content (AvgIpc) is 3.18. The van der Waals surface area contributed by atoms with Crippen LogP contribution in [0.25, 0.3) is 5.82 Å². The molecule has 0 atom stereocenters. The standard InChI is InChI=1S/C15H14F3N3O3/c16-15(17,18)14(4-5-14)6-8-24-12-3-7-21(20-12)11-2-1-10(9-19-11)13(22)23/h1-3,7,9H,4-6,8H2,(H,22,23). The van der Waals surface area contributed by atoms with Crippen molar-refractivity contribution in [3.05, 3.63) is 36.2 Å². The summed E-state index contributed by atoms with van der Waals surface area (Å²) in [6.45, 7) is -0.0676. The fourth-order valence-electron chi connectivity index (χ4n) is 2.34. The number of halogens is 3. The van der Waals surface area contributed by atoms with Gasteiger partial charge in [0.25, 0.3) is 0 Å². The molecule has 9 heteroatoms. The van der Waals surface area contributed by atoms with Gasteiger partial charge >= 0.3 is 12.1 Å². The van der Waals surface area contributed by atoms with Crippen LogP contribution in [0.1, 0.15) is 29.6 Å². The fraction of sp³-hybridized carbons (Fsp3) is 0.400. The van der Waals surface area contributed by atoms with Crippen molar-refractivity contribution < 1.29 is 27.8 Å². The van der Waals surface area contributed by atoms with Gasteiger partial charge in [-0.1, -0.05) is 0 Å². The summed E-state index contributed by atoms with van der Waals surface area (Å²) in [5.41, 5.74) is -1.55. The summed E-state index contributed by atoms with van der Waals surface area (Å²) < 4.78 is 45.1. The van der Waals surface area contributed by atoms with E-state index in [1.54, 1.807) is 0 Å². The van der Waals surface area contributed by atoms with E-state index in [1.807, 2.05) is 0 Å².